The van der Waals surface area contributed by atoms with E-state index in [0.717, 1.165) is 23.0 Å². The first-order valence-electron chi connectivity index (χ1n) is 5.84. The van der Waals surface area contributed by atoms with Crippen molar-refractivity contribution in [1.29, 1.82) is 0 Å². The summed E-state index contributed by atoms with van der Waals surface area (Å²) in [6.45, 7) is 6.08. The van der Waals surface area contributed by atoms with Gasteiger partial charge in [0.05, 0.1) is 18.4 Å². The first-order valence-corrected chi connectivity index (χ1v) is 7.76. The largest absolute Gasteiger partial charge is 0.375 e. The minimum Gasteiger partial charge on any atom is -0.375 e. The molecule has 1 heterocycles. The standard InChI is InChI=1S/C13H17Br2NO/c1-9-8-17-10(2)7-16(9)13-4-3-11(6-14)5-12(13)15/h3-5,9-10H,6-8H2,1-2H3. The van der Waals surface area contributed by atoms with Crippen molar-refractivity contribution >= 4 is 37.5 Å². The summed E-state index contributed by atoms with van der Waals surface area (Å²) in [5, 5.41) is 0.890. The van der Waals surface area contributed by atoms with Crippen molar-refractivity contribution in [1.82, 2.24) is 0 Å². The lowest BCUT2D eigenvalue weighted by Gasteiger charge is -2.39. The molecule has 1 aromatic carbocycles. The Bertz CT molecular complexity index is 397. The lowest BCUT2D eigenvalue weighted by molar-refractivity contribution is 0.0343. The molecule has 2 rings (SSSR count). The summed E-state index contributed by atoms with van der Waals surface area (Å²) in [6.07, 6.45) is 0.300. The number of ether oxygens (including phenoxy) is 1. The van der Waals surface area contributed by atoms with E-state index in [0.29, 0.717) is 12.1 Å². The zero-order chi connectivity index (χ0) is 12.4. The average molecular weight is 363 g/mol. The van der Waals surface area contributed by atoms with Crippen LogP contribution in [0.3, 0.4) is 0 Å². The van der Waals surface area contributed by atoms with E-state index in [9.17, 15) is 0 Å². The maximum absolute atomic E-state index is 5.66. The second-order valence-corrected chi connectivity index (χ2v) is 5.98. The molecule has 1 aromatic rings. The summed E-state index contributed by atoms with van der Waals surface area (Å²) in [7, 11) is 0. The lowest BCUT2D eigenvalue weighted by Crippen LogP contribution is -2.47. The van der Waals surface area contributed by atoms with E-state index in [1.165, 1.54) is 11.3 Å². The fraction of sp³-hybridized carbons (Fsp3) is 0.538. The van der Waals surface area contributed by atoms with Gasteiger partial charge >= 0.3 is 0 Å². The van der Waals surface area contributed by atoms with Gasteiger partial charge in [-0.1, -0.05) is 22.0 Å². The third kappa shape index (κ3) is 3.04. The number of nitrogens with zero attached hydrogens (tertiary/aromatic N) is 1. The number of hydrogen-bond donors (Lipinski definition) is 0. The Kier molecular flexibility index (Phi) is 4.50. The summed E-state index contributed by atoms with van der Waals surface area (Å²) in [5.41, 5.74) is 2.55. The van der Waals surface area contributed by atoms with Gasteiger partial charge in [-0.3, -0.25) is 0 Å². The van der Waals surface area contributed by atoms with E-state index < -0.39 is 0 Å². The van der Waals surface area contributed by atoms with Crippen LogP contribution in [0.25, 0.3) is 0 Å². The predicted octanol–water partition coefficient (Wildman–Crippen LogP) is 3.96. The van der Waals surface area contributed by atoms with Gasteiger partial charge in [-0.05, 0) is 47.5 Å². The Morgan fingerprint density at radius 2 is 2.18 bits per heavy atom. The van der Waals surface area contributed by atoms with E-state index in [1.54, 1.807) is 0 Å². The Hall–Kier alpha value is -0.0600. The van der Waals surface area contributed by atoms with Crippen LogP contribution in [0.4, 0.5) is 5.69 Å². The van der Waals surface area contributed by atoms with E-state index in [4.69, 9.17) is 4.74 Å². The molecule has 0 spiro atoms. The quantitative estimate of drug-likeness (QED) is 0.738. The van der Waals surface area contributed by atoms with Gasteiger partial charge < -0.3 is 9.64 Å². The fourth-order valence-corrected chi connectivity index (χ4v) is 3.11. The van der Waals surface area contributed by atoms with Crippen molar-refractivity contribution < 1.29 is 4.74 Å². The van der Waals surface area contributed by atoms with Crippen molar-refractivity contribution in [2.24, 2.45) is 0 Å². The van der Waals surface area contributed by atoms with Crippen molar-refractivity contribution in [3.63, 3.8) is 0 Å². The highest BCUT2D eigenvalue weighted by atomic mass is 79.9. The molecule has 2 unspecified atom stereocenters. The SMILES string of the molecule is CC1CN(c2ccc(CBr)cc2Br)C(C)CO1. The highest BCUT2D eigenvalue weighted by molar-refractivity contribution is 9.10. The molecular formula is C13H17Br2NO. The van der Waals surface area contributed by atoms with Crippen LogP contribution in [0.2, 0.25) is 0 Å². The summed E-state index contributed by atoms with van der Waals surface area (Å²) in [5.74, 6) is 0. The first kappa shape index (κ1) is 13.4. The molecule has 94 valence electrons. The number of anilines is 1. The monoisotopic (exact) mass is 361 g/mol. The Morgan fingerprint density at radius 3 is 2.82 bits per heavy atom. The second-order valence-electron chi connectivity index (χ2n) is 4.56. The van der Waals surface area contributed by atoms with Crippen LogP contribution in [0, 0.1) is 0 Å². The molecule has 0 radical (unpaired) electrons. The highest BCUT2D eigenvalue weighted by Gasteiger charge is 2.24. The number of rotatable bonds is 2. The molecule has 2 nitrogen and oxygen atoms in total. The third-order valence-corrected chi connectivity index (χ3v) is 4.37. The van der Waals surface area contributed by atoms with Crippen molar-refractivity contribution in [3.8, 4) is 0 Å². The number of halogens is 2. The van der Waals surface area contributed by atoms with Gasteiger partial charge in [0.1, 0.15) is 0 Å². The molecule has 0 aromatic heterocycles. The molecule has 1 fully saturated rings. The van der Waals surface area contributed by atoms with Crippen LogP contribution in [-0.2, 0) is 10.1 Å². The molecule has 4 heteroatoms. The van der Waals surface area contributed by atoms with Crippen molar-refractivity contribution in [2.75, 3.05) is 18.1 Å². The molecule has 2 atom stereocenters. The van der Waals surface area contributed by atoms with Crippen LogP contribution >= 0.6 is 31.9 Å². The van der Waals surface area contributed by atoms with Crippen LogP contribution in [-0.4, -0.2) is 25.3 Å². The van der Waals surface area contributed by atoms with Crippen LogP contribution in [0.5, 0.6) is 0 Å². The summed E-state index contributed by atoms with van der Waals surface area (Å²) < 4.78 is 6.82. The molecular weight excluding hydrogens is 346 g/mol. The molecule has 0 amide bonds. The van der Waals surface area contributed by atoms with Crippen molar-refractivity contribution in [2.45, 2.75) is 31.3 Å². The van der Waals surface area contributed by atoms with Crippen LogP contribution < -0.4 is 4.90 Å². The summed E-state index contributed by atoms with van der Waals surface area (Å²) in [4.78, 5) is 2.41. The predicted molar refractivity (Wildman–Crippen MR) is 79.0 cm³/mol. The summed E-state index contributed by atoms with van der Waals surface area (Å²) in [6, 6.07) is 6.96. The number of morpholine rings is 1. The minimum absolute atomic E-state index is 0.300. The van der Waals surface area contributed by atoms with Gasteiger partial charge in [-0.25, -0.2) is 0 Å². The molecule has 0 saturated carbocycles. The van der Waals surface area contributed by atoms with Gasteiger partial charge in [-0.2, -0.15) is 0 Å². The maximum atomic E-state index is 5.66. The average Bonchev–Trinajstić information content (AvgIpc) is 2.32. The topological polar surface area (TPSA) is 12.5 Å². The summed E-state index contributed by atoms with van der Waals surface area (Å²) >= 11 is 7.15. The molecule has 1 aliphatic heterocycles. The minimum atomic E-state index is 0.300. The Labute approximate surface area is 120 Å². The third-order valence-electron chi connectivity index (χ3n) is 3.08. The van der Waals surface area contributed by atoms with Crippen LogP contribution in [0.1, 0.15) is 19.4 Å². The maximum Gasteiger partial charge on any atom is 0.0723 e. The van der Waals surface area contributed by atoms with Gasteiger partial charge in [0.25, 0.3) is 0 Å². The van der Waals surface area contributed by atoms with Gasteiger partial charge in [0.2, 0.25) is 0 Å². The molecule has 1 aliphatic rings. The molecule has 17 heavy (non-hydrogen) atoms. The normalized spacial score (nSPS) is 25.1. The van der Waals surface area contributed by atoms with E-state index in [2.05, 4.69) is 68.8 Å². The van der Waals surface area contributed by atoms with E-state index in [1.807, 2.05) is 0 Å². The van der Waals surface area contributed by atoms with E-state index in [-0.39, 0.29) is 0 Å². The smallest absolute Gasteiger partial charge is 0.0723 e. The fourth-order valence-electron chi connectivity index (χ4n) is 2.11. The lowest BCUT2D eigenvalue weighted by atomic mass is 10.1. The van der Waals surface area contributed by atoms with E-state index >= 15 is 0 Å². The van der Waals surface area contributed by atoms with Gasteiger partial charge in [0, 0.05) is 22.4 Å². The van der Waals surface area contributed by atoms with Crippen molar-refractivity contribution in [3.05, 3.63) is 28.2 Å². The molecule has 0 bridgehead atoms. The zero-order valence-electron chi connectivity index (χ0n) is 10.1. The molecule has 0 N–H and O–H groups in total. The number of hydrogen-bond acceptors (Lipinski definition) is 2. The first-order chi connectivity index (χ1) is 8.11. The van der Waals surface area contributed by atoms with Gasteiger partial charge in [0.15, 0.2) is 0 Å². The number of alkyl halides is 1. The zero-order valence-corrected chi connectivity index (χ0v) is 13.3. The van der Waals surface area contributed by atoms with Gasteiger partial charge in [-0.15, -0.1) is 0 Å². The Balaban J connectivity index is 2.26. The molecule has 1 saturated heterocycles. The van der Waals surface area contributed by atoms with Crippen LogP contribution in [0.15, 0.2) is 22.7 Å². The highest BCUT2D eigenvalue weighted by Crippen LogP contribution is 2.31. The Morgan fingerprint density at radius 1 is 1.41 bits per heavy atom. The second kappa shape index (κ2) is 5.72. The molecule has 0 aliphatic carbocycles. The number of benzene rings is 1.